The highest BCUT2D eigenvalue weighted by Crippen LogP contribution is 2.35. The number of halogens is 3. The van der Waals surface area contributed by atoms with Crippen molar-refractivity contribution in [1.82, 2.24) is 4.98 Å². The molecule has 23 heavy (non-hydrogen) atoms. The molecule has 1 amide bonds. The summed E-state index contributed by atoms with van der Waals surface area (Å²) in [7, 11) is 0. The normalized spacial score (nSPS) is 17.1. The van der Waals surface area contributed by atoms with E-state index >= 15 is 0 Å². The summed E-state index contributed by atoms with van der Waals surface area (Å²) < 4.78 is 42.1. The Morgan fingerprint density at radius 1 is 1.30 bits per heavy atom. The molecule has 0 bridgehead atoms. The predicted octanol–water partition coefficient (Wildman–Crippen LogP) is 3.73. The average Bonchev–Trinajstić information content (AvgIpc) is 2.47. The number of rotatable bonds is 4. The Labute approximate surface area is 137 Å². The summed E-state index contributed by atoms with van der Waals surface area (Å²) in [5.74, 6) is -0.162. The fourth-order valence-corrected chi connectivity index (χ4v) is 3.59. The Morgan fingerprint density at radius 2 is 1.96 bits per heavy atom. The summed E-state index contributed by atoms with van der Waals surface area (Å²) in [5, 5.41) is 2.92. The maximum absolute atomic E-state index is 12.5. The first-order valence-corrected chi connectivity index (χ1v) is 8.17. The van der Waals surface area contributed by atoms with E-state index < -0.39 is 16.5 Å². The van der Waals surface area contributed by atoms with Crippen molar-refractivity contribution in [3.05, 3.63) is 23.9 Å². The van der Waals surface area contributed by atoms with E-state index in [2.05, 4.69) is 10.3 Å². The van der Waals surface area contributed by atoms with Gasteiger partial charge in [0.15, 0.2) is 0 Å². The van der Waals surface area contributed by atoms with E-state index in [9.17, 15) is 18.0 Å². The van der Waals surface area contributed by atoms with Gasteiger partial charge in [-0.25, -0.2) is 4.98 Å². The van der Waals surface area contributed by atoms with E-state index in [1.807, 2.05) is 0 Å². The average molecular weight is 348 g/mol. The third kappa shape index (κ3) is 5.10. The largest absolute Gasteiger partial charge is 0.417 e. The summed E-state index contributed by atoms with van der Waals surface area (Å²) in [4.78, 5) is 16.0. The summed E-state index contributed by atoms with van der Waals surface area (Å²) in [5.41, 5.74) is -0.841. The number of hydrogen-bond donors (Lipinski definition) is 1. The van der Waals surface area contributed by atoms with Crippen molar-refractivity contribution in [2.24, 2.45) is 0 Å². The number of hydrogen-bond acceptors (Lipinski definition) is 4. The zero-order valence-corrected chi connectivity index (χ0v) is 13.8. The van der Waals surface area contributed by atoms with Crippen LogP contribution in [0.5, 0.6) is 0 Å². The van der Waals surface area contributed by atoms with Crippen molar-refractivity contribution in [3.8, 4) is 0 Å². The number of aromatic nitrogens is 1. The van der Waals surface area contributed by atoms with Crippen LogP contribution in [0.4, 0.5) is 19.0 Å². The number of pyridine rings is 1. The van der Waals surface area contributed by atoms with Gasteiger partial charge in [-0.1, -0.05) is 0 Å². The van der Waals surface area contributed by atoms with Crippen LogP contribution in [0.3, 0.4) is 0 Å². The molecule has 0 atom stereocenters. The number of anilines is 1. The van der Waals surface area contributed by atoms with E-state index in [0.717, 1.165) is 25.0 Å². The van der Waals surface area contributed by atoms with Crippen molar-refractivity contribution >= 4 is 23.5 Å². The molecule has 0 aromatic carbocycles. The second-order valence-corrected chi connectivity index (χ2v) is 7.75. The highest BCUT2D eigenvalue weighted by Gasteiger charge is 2.33. The van der Waals surface area contributed by atoms with Crippen LogP contribution in [0.1, 0.15) is 32.3 Å². The number of thioether (sulfide) groups is 1. The third-order valence-corrected chi connectivity index (χ3v) is 5.09. The number of amides is 1. The van der Waals surface area contributed by atoms with Gasteiger partial charge < -0.3 is 10.1 Å². The number of alkyl halides is 3. The van der Waals surface area contributed by atoms with Crippen molar-refractivity contribution in [1.29, 1.82) is 0 Å². The lowest BCUT2D eigenvalue weighted by molar-refractivity contribution is -0.137. The van der Waals surface area contributed by atoms with Gasteiger partial charge >= 0.3 is 6.18 Å². The summed E-state index contributed by atoms with van der Waals surface area (Å²) >= 11 is 1.56. The van der Waals surface area contributed by atoms with Gasteiger partial charge in [-0.3, -0.25) is 4.79 Å². The molecule has 1 aromatic heterocycles. The van der Waals surface area contributed by atoms with E-state index in [1.165, 1.54) is 0 Å². The highest BCUT2D eigenvalue weighted by atomic mass is 32.2. The minimum absolute atomic E-state index is 0.114. The Hall–Kier alpha value is -1.28. The molecule has 128 valence electrons. The van der Waals surface area contributed by atoms with Gasteiger partial charge in [0.1, 0.15) is 5.82 Å². The van der Waals surface area contributed by atoms with Crippen LogP contribution >= 0.6 is 11.8 Å². The van der Waals surface area contributed by atoms with Gasteiger partial charge in [-0.15, -0.1) is 11.8 Å². The summed E-state index contributed by atoms with van der Waals surface area (Å²) in [6.07, 6.45) is -1.94. The molecule has 1 saturated heterocycles. The molecule has 0 radical (unpaired) electrons. The van der Waals surface area contributed by atoms with Crippen LogP contribution in [0, 0.1) is 0 Å². The molecule has 1 N–H and O–H groups in total. The number of carbonyl (C=O) groups is 1. The van der Waals surface area contributed by atoms with Crippen LogP contribution < -0.4 is 5.32 Å². The first-order valence-electron chi connectivity index (χ1n) is 7.29. The third-order valence-electron chi connectivity index (χ3n) is 3.51. The molecule has 2 heterocycles. The molecule has 0 saturated carbocycles. The first-order chi connectivity index (χ1) is 10.7. The van der Waals surface area contributed by atoms with Crippen molar-refractivity contribution in [2.75, 3.05) is 18.5 Å². The second-order valence-electron chi connectivity index (χ2n) is 5.82. The van der Waals surface area contributed by atoms with Crippen LogP contribution in [-0.2, 0) is 15.7 Å². The lowest BCUT2D eigenvalue weighted by Crippen LogP contribution is -2.37. The molecule has 2 rings (SSSR count). The fraction of sp³-hybridized carbons (Fsp3) is 0.600. The fourth-order valence-electron chi connectivity index (χ4n) is 2.17. The standard InChI is InChI=1S/C15H19F3N2O2S/c1-14(2,23-11-5-7-22-8-6-11)13(21)20-12-4-3-10(9-19-12)15(16,17)18/h3-4,9,11H,5-8H2,1-2H3,(H,19,20,21). The quantitative estimate of drug-likeness (QED) is 0.901. The highest BCUT2D eigenvalue weighted by molar-refractivity contribution is 8.02. The summed E-state index contributed by atoms with van der Waals surface area (Å²) in [6.45, 7) is 4.98. The maximum Gasteiger partial charge on any atom is 0.417 e. The molecular weight excluding hydrogens is 329 g/mol. The topological polar surface area (TPSA) is 51.2 Å². The Kier molecular flexibility index (Phi) is 5.57. The Bertz CT molecular complexity index is 541. The van der Waals surface area contributed by atoms with Gasteiger partial charge in [-0.2, -0.15) is 13.2 Å². The van der Waals surface area contributed by atoms with Crippen molar-refractivity contribution in [3.63, 3.8) is 0 Å². The maximum atomic E-state index is 12.5. The summed E-state index contributed by atoms with van der Waals surface area (Å²) in [6, 6.07) is 2.07. The molecule has 0 unspecified atom stereocenters. The molecule has 1 fully saturated rings. The van der Waals surface area contributed by atoms with E-state index in [1.54, 1.807) is 25.6 Å². The lowest BCUT2D eigenvalue weighted by atomic mass is 10.2. The number of carbonyl (C=O) groups excluding carboxylic acids is 1. The van der Waals surface area contributed by atoms with Crippen LogP contribution in [-0.4, -0.2) is 34.1 Å². The number of nitrogens with one attached hydrogen (secondary N) is 1. The predicted molar refractivity (Wildman–Crippen MR) is 83.4 cm³/mol. The molecule has 8 heteroatoms. The Morgan fingerprint density at radius 3 is 2.48 bits per heavy atom. The van der Waals surface area contributed by atoms with Gasteiger partial charge in [0.05, 0.1) is 10.3 Å². The zero-order valence-electron chi connectivity index (χ0n) is 12.9. The van der Waals surface area contributed by atoms with Gasteiger partial charge in [0, 0.05) is 24.7 Å². The minimum Gasteiger partial charge on any atom is -0.381 e. The van der Waals surface area contributed by atoms with Crippen LogP contribution in [0.15, 0.2) is 18.3 Å². The van der Waals surface area contributed by atoms with E-state index in [-0.39, 0.29) is 11.7 Å². The smallest absolute Gasteiger partial charge is 0.381 e. The van der Waals surface area contributed by atoms with E-state index in [0.29, 0.717) is 24.7 Å². The number of nitrogens with zero attached hydrogens (tertiary/aromatic N) is 1. The van der Waals surface area contributed by atoms with Crippen LogP contribution in [0.25, 0.3) is 0 Å². The number of ether oxygens (including phenoxy) is 1. The molecule has 4 nitrogen and oxygen atoms in total. The molecule has 1 aromatic rings. The zero-order chi connectivity index (χ0) is 17.1. The first kappa shape index (κ1) is 18.1. The van der Waals surface area contributed by atoms with Crippen molar-refractivity contribution < 1.29 is 22.7 Å². The Balaban J connectivity index is 1.96. The van der Waals surface area contributed by atoms with Gasteiger partial charge in [0.2, 0.25) is 5.91 Å². The molecule has 1 aliphatic rings. The lowest BCUT2D eigenvalue weighted by Gasteiger charge is -2.30. The van der Waals surface area contributed by atoms with Gasteiger partial charge in [-0.05, 0) is 38.8 Å². The van der Waals surface area contributed by atoms with Gasteiger partial charge in [0.25, 0.3) is 0 Å². The molecule has 0 aliphatic carbocycles. The van der Waals surface area contributed by atoms with Crippen molar-refractivity contribution in [2.45, 2.75) is 42.9 Å². The molecule has 1 aliphatic heterocycles. The second kappa shape index (κ2) is 7.09. The molecular formula is C15H19F3N2O2S. The molecule has 0 spiro atoms. The van der Waals surface area contributed by atoms with E-state index in [4.69, 9.17) is 4.74 Å². The van der Waals surface area contributed by atoms with Crippen LogP contribution in [0.2, 0.25) is 0 Å². The minimum atomic E-state index is -4.44. The SMILES string of the molecule is CC(C)(SC1CCOCC1)C(=O)Nc1ccc(C(F)(F)F)cn1. The monoisotopic (exact) mass is 348 g/mol.